The van der Waals surface area contributed by atoms with Gasteiger partial charge in [-0.15, -0.1) is 0 Å². The van der Waals surface area contributed by atoms with Crippen molar-refractivity contribution >= 4 is 16.6 Å². The summed E-state index contributed by atoms with van der Waals surface area (Å²) in [6, 6.07) is 24.0. The summed E-state index contributed by atoms with van der Waals surface area (Å²) in [4.78, 5) is 15.2. The molecule has 0 saturated heterocycles. The zero-order valence-corrected chi connectivity index (χ0v) is 13.6. The number of likely N-dealkylation sites (N-methyl/N-ethyl adjacent to an activating group) is 1. The third kappa shape index (κ3) is 3.33. The van der Waals surface area contributed by atoms with Crippen molar-refractivity contribution in [2.45, 2.75) is 12.5 Å². The fourth-order valence-electron chi connectivity index (χ4n) is 2.97. The number of fused-ring (bicyclic) bond motifs is 1. The van der Waals surface area contributed by atoms with Gasteiger partial charge in [0.15, 0.2) is 5.78 Å². The van der Waals surface area contributed by atoms with E-state index in [-0.39, 0.29) is 11.8 Å². The third-order valence-electron chi connectivity index (χ3n) is 4.25. The molecule has 0 aromatic heterocycles. The number of benzene rings is 3. The van der Waals surface area contributed by atoms with Gasteiger partial charge < -0.3 is 0 Å². The van der Waals surface area contributed by atoms with E-state index >= 15 is 0 Å². The molecule has 2 heteroatoms. The Balaban J connectivity index is 1.97. The zero-order valence-electron chi connectivity index (χ0n) is 13.6. The number of nitrogens with zero attached hydrogens (tertiary/aromatic N) is 1. The minimum absolute atomic E-state index is 0.164. The number of hydrogen-bond donors (Lipinski definition) is 0. The Morgan fingerprint density at radius 1 is 0.870 bits per heavy atom. The van der Waals surface area contributed by atoms with Gasteiger partial charge in [-0.05, 0) is 36.9 Å². The summed E-state index contributed by atoms with van der Waals surface area (Å²) in [7, 11) is 3.94. The van der Waals surface area contributed by atoms with E-state index in [0.717, 1.165) is 22.8 Å². The minimum atomic E-state index is -0.164. The van der Waals surface area contributed by atoms with Crippen LogP contribution in [0.4, 0.5) is 0 Å². The molecule has 0 saturated carbocycles. The quantitative estimate of drug-likeness (QED) is 0.659. The molecule has 0 heterocycles. The summed E-state index contributed by atoms with van der Waals surface area (Å²) in [6.45, 7) is 0. The topological polar surface area (TPSA) is 20.3 Å². The van der Waals surface area contributed by atoms with Gasteiger partial charge in [-0.3, -0.25) is 9.69 Å². The van der Waals surface area contributed by atoms with Gasteiger partial charge in [0, 0.05) is 5.56 Å². The lowest BCUT2D eigenvalue weighted by molar-refractivity contribution is 0.0877. The molecule has 1 unspecified atom stereocenters. The van der Waals surface area contributed by atoms with Crippen LogP contribution in [0.15, 0.2) is 72.8 Å². The molecule has 0 spiro atoms. The molecule has 0 aliphatic carbocycles. The molecule has 0 aliphatic heterocycles. The average Bonchev–Trinajstić information content (AvgIpc) is 2.59. The average molecular weight is 303 g/mol. The third-order valence-corrected chi connectivity index (χ3v) is 4.25. The van der Waals surface area contributed by atoms with Crippen molar-refractivity contribution in [2.75, 3.05) is 14.1 Å². The SMILES string of the molecule is CN(C)C(Cc1ccccc1)C(=O)c1cccc2ccccc12. The first kappa shape index (κ1) is 15.4. The van der Waals surface area contributed by atoms with E-state index in [9.17, 15) is 4.79 Å². The number of Topliss-reactive ketones (excluding diaryl/α,β-unsaturated/α-hetero) is 1. The van der Waals surface area contributed by atoms with Gasteiger partial charge in [-0.25, -0.2) is 0 Å². The molecule has 1 atom stereocenters. The van der Waals surface area contributed by atoms with Gasteiger partial charge in [-0.2, -0.15) is 0 Å². The Bertz CT molecular complexity index is 803. The summed E-state index contributed by atoms with van der Waals surface area (Å²) < 4.78 is 0. The summed E-state index contributed by atoms with van der Waals surface area (Å²) in [6.07, 6.45) is 0.718. The van der Waals surface area contributed by atoms with Crippen LogP contribution in [0.25, 0.3) is 10.8 Å². The van der Waals surface area contributed by atoms with Crippen LogP contribution >= 0.6 is 0 Å². The van der Waals surface area contributed by atoms with Crippen LogP contribution in [0.2, 0.25) is 0 Å². The molecule has 3 aromatic carbocycles. The fraction of sp³-hybridized carbons (Fsp3) is 0.190. The van der Waals surface area contributed by atoms with Crippen molar-refractivity contribution in [2.24, 2.45) is 0 Å². The van der Waals surface area contributed by atoms with Crippen molar-refractivity contribution in [3.63, 3.8) is 0 Å². The Labute approximate surface area is 137 Å². The number of hydrogen-bond acceptors (Lipinski definition) is 2. The molecule has 116 valence electrons. The van der Waals surface area contributed by atoms with E-state index in [1.807, 2.05) is 79.7 Å². The van der Waals surface area contributed by atoms with E-state index < -0.39 is 0 Å². The standard InChI is InChI=1S/C21H21NO/c1-22(2)20(15-16-9-4-3-5-10-16)21(23)19-14-8-12-17-11-6-7-13-18(17)19/h3-14,20H,15H2,1-2H3. The zero-order chi connectivity index (χ0) is 16.2. The number of rotatable bonds is 5. The van der Waals surface area contributed by atoms with Crippen molar-refractivity contribution in [1.82, 2.24) is 4.90 Å². The number of carbonyl (C=O) groups excluding carboxylic acids is 1. The van der Waals surface area contributed by atoms with Crippen LogP contribution < -0.4 is 0 Å². The maximum atomic E-state index is 13.2. The van der Waals surface area contributed by atoms with Crippen LogP contribution in [0, 0.1) is 0 Å². The highest BCUT2D eigenvalue weighted by molar-refractivity contribution is 6.10. The summed E-state index contributed by atoms with van der Waals surface area (Å²) in [5.41, 5.74) is 1.98. The van der Waals surface area contributed by atoms with Gasteiger partial charge in [0.2, 0.25) is 0 Å². The first-order valence-corrected chi connectivity index (χ1v) is 7.89. The molecule has 0 aliphatic rings. The highest BCUT2D eigenvalue weighted by Gasteiger charge is 2.23. The van der Waals surface area contributed by atoms with E-state index in [1.54, 1.807) is 0 Å². The Morgan fingerprint density at radius 2 is 1.52 bits per heavy atom. The van der Waals surface area contributed by atoms with Gasteiger partial charge in [0.25, 0.3) is 0 Å². The van der Waals surface area contributed by atoms with E-state index in [0.29, 0.717) is 0 Å². The van der Waals surface area contributed by atoms with Gasteiger partial charge in [-0.1, -0.05) is 72.8 Å². The summed E-state index contributed by atoms with van der Waals surface area (Å²) in [5.74, 6) is 0.177. The molecule has 0 radical (unpaired) electrons. The second-order valence-electron chi connectivity index (χ2n) is 6.06. The molecular weight excluding hydrogens is 282 g/mol. The van der Waals surface area contributed by atoms with Crippen molar-refractivity contribution in [1.29, 1.82) is 0 Å². The lowest BCUT2D eigenvalue weighted by Gasteiger charge is -2.24. The van der Waals surface area contributed by atoms with Crippen molar-refractivity contribution < 1.29 is 4.79 Å². The molecule has 0 fully saturated rings. The highest BCUT2D eigenvalue weighted by Crippen LogP contribution is 2.22. The number of carbonyl (C=O) groups is 1. The molecule has 0 N–H and O–H groups in total. The molecule has 3 aromatic rings. The van der Waals surface area contributed by atoms with E-state index in [4.69, 9.17) is 0 Å². The monoisotopic (exact) mass is 303 g/mol. The van der Waals surface area contributed by atoms with E-state index in [2.05, 4.69) is 12.1 Å². The smallest absolute Gasteiger partial charge is 0.180 e. The predicted octanol–water partition coefficient (Wildman–Crippen LogP) is 4.20. The molecule has 23 heavy (non-hydrogen) atoms. The lowest BCUT2D eigenvalue weighted by Crippen LogP contribution is -2.37. The molecular formula is C21H21NO. The van der Waals surface area contributed by atoms with E-state index in [1.165, 1.54) is 5.56 Å². The second-order valence-corrected chi connectivity index (χ2v) is 6.06. The van der Waals surface area contributed by atoms with Crippen LogP contribution in [-0.4, -0.2) is 30.8 Å². The largest absolute Gasteiger partial charge is 0.299 e. The van der Waals surface area contributed by atoms with Crippen LogP contribution in [-0.2, 0) is 6.42 Å². The minimum Gasteiger partial charge on any atom is -0.299 e. The maximum Gasteiger partial charge on any atom is 0.180 e. The van der Waals surface area contributed by atoms with Crippen LogP contribution in [0.1, 0.15) is 15.9 Å². The maximum absolute atomic E-state index is 13.2. The summed E-state index contributed by atoms with van der Waals surface area (Å²) >= 11 is 0. The predicted molar refractivity (Wildman–Crippen MR) is 95.9 cm³/mol. The molecule has 0 amide bonds. The van der Waals surface area contributed by atoms with Crippen molar-refractivity contribution in [3.05, 3.63) is 83.9 Å². The first-order chi connectivity index (χ1) is 11.2. The molecule has 0 bridgehead atoms. The second kappa shape index (κ2) is 6.76. The lowest BCUT2D eigenvalue weighted by atomic mass is 9.93. The molecule has 2 nitrogen and oxygen atoms in total. The van der Waals surface area contributed by atoms with Gasteiger partial charge in [0.05, 0.1) is 6.04 Å². The Kier molecular flexibility index (Phi) is 4.54. The fourth-order valence-corrected chi connectivity index (χ4v) is 2.97. The number of ketones is 1. The Morgan fingerprint density at radius 3 is 2.26 bits per heavy atom. The first-order valence-electron chi connectivity index (χ1n) is 7.89. The van der Waals surface area contributed by atoms with Crippen molar-refractivity contribution in [3.8, 4) is 0 Å². The Hall–Kier alpha value is -2.45. The normalized spacial score (nSPS) is 12.5. The van der Waals surface area contributed by atoms with Crippen LogP contribution in [0.3, 0.4) is 0 Å². The molecule has 3 rings (SSSR count). The summed E-state index contributed by atoms with van der Waals surface area (Å²) in [5, 5.41) is 2.13. The van der Waals surface area contributed by atoms with Gasteiger partial charge in [0.1, 0.15) is 0 Å². The van der Waals surface area contributed by atoms with Crippen LogP contribution in [0.5, 0.6) is 0 Å². The highest BCUT2D eigenvalue weighted by atomic mass is 16.1. The van der Waals surface area contributed by atoms with Gasteiger partial charge >= 0.3 is 0 Å².